The number of nitrogens with zero attached hydrogens (tertiary/aromatic N) is 3. The topological polar surface area (TPSA) is 94.5 Å². The summed E-state index contributed by atoms with van der Waals surface area (Å²) < 4.78 is 6.89. The average molecular weight is 373 g/mol. The van der Waals surface area contributed by atoms with Gasteiger partial charge in [0.05, 0.1) is 12.8 Å². The fourth-order valence-corrected chi connectivity index (χ4v) is 3.11. The molecule has 7 nitrogen and oxygen atoms in total. The summed E-state index contributed by atoms with van der Waals surface area (Å²) in [5, 5.41) is 7.72. The Morgan fingerprint density at radius 2 is 1.82 bits per heavy atom. The minimum absolute atomic E-state index is 0.262. The molecule has 2 aromatic carbocycles. The van der Waals surface area contributed by atoms with Crippen LogP contribution in [0.5, 0.6) is 5.75 Å². The number of para-hydroxylation sites is 2. The van der Waals surface area contributed by atoms with Gasteiger partial charge in [-0.25, -0.2) is 9.50 Å². The highest BCUT2D eigenvalue weighted by Crippen LogP contribution is 2.23. The molecule has 4 rings (SSSR count). The molecule has 0 unspecified atom stereocenters. The van der Waals surface area contributed by atoms with Crippen LogP contribution < -0.4 is 15.8 Å². The van der Waals surface area contributed by atoms with Gasteiger partial charge in [-0.1, -0.05) is 36.4 Å². The van der Waals surface area contributed by atoms with E-state index < -0.39 is 5.91 Å². The first kappa shape index (κ1) is 17.5. The highest BCUT2D eigenvalue weighted by molar-refractivity contribution is 5.93. The minimum Gasteiger partial charge on any atom is -0.496 e. The first-order chi connectivity index (χ1) is 13.7. The van der Waals surface area contributed by atoms with Crippen LogP contribution in [0.15, 0.2) is 66.7 Å². The zero-order valence-corrected chi connectivity index (χ0v) is 15.3. The number of hydrogen-bond acceptors (Lipinski definition) is 5. The number of amides is 1. The van der Waals surface area contributed by atoms with Crippen molar-refractivity contribution in [3.05, 3.63) is 83.7 Å². The summed E-state index contributed by atoms with van der Waals surface area (Å²) in [6.45, 7) is 0. The molecule has 1 amide bonds. The van der Waals surface area contributed by atoms with Gasteiger partial charge in [-0.15, -0.1) is 5.10 Å². The van der Waals surface area contributed by atoms with E-state index in [4.69, 9.17) is 10.5 Å². The standard InChI is InChI=1S/C21H19N5O2/c1-28-17-10-6-5-7-14(17)13-16-20(21(22)27)26-19(24-16)12-11-18(25-26)23-15-8-3-2-4-9-15/h2-12H,13H2,1H3,(H2,22,27)(H,23,25). The lowest BCUT2D eigenvalue weighted by Crippen LogP contribution is -2.17. The van der Waals surface area contributed by atoms with Gasteiger partial charge in [0.15, 0.2) is 17.2 Å². The fourth-order valence-electron chi connectivity index (χ4n) is 3.11. The van der Waals surface area contributed by atoms with Gasteiger partial charge in [-0.3, -0.25) is 4.79 Å². The summed E-state index contributed by atoms with van der Waals surface area (Å²) in [6, 6.07) is 20.9. The number of primary amides is 1. The molecule has 2 aromatic heterocycles. The number of aromatic nitrogens is 3. The van der Waals surface area contributed by atoms with Gasteiger partial charge in [0.1, 0.15) is 5.75 Å². The van der Waals surface area contributed by atoms with Crippen LogP contribution in [0.25, 0.3) is 5.65 Å². The third-order valence-electron chi connectivity index (χ3n) is 4.38. The van der Waals surface area contributed by atoms with Crippen molar-refractivity contribution in [1.29, 1.82) is 0 Å². The largest absolute Gasteiger partial charge is 0.496 e. The number of fused-ring (bicyclic) bond motifs is 1. The van der Waals surface area contributed by atoms with E-state index in [0.29, 0.717) is 23.6 Å². The first-order valence-corrected chi connectivity index (χ1v) is 8.78. The molecule has 0 fully saturated rings. The maximum atomic E-state index is 12.2. The van der Waals surface area contributed by atoms with Crippen molar-refractivity contribution in [3.8, 4) is 5.75 Å². The molecular formula is C21H19N5O2. The Hall–Kier alpha value is -3.87. The molecule has 0 aliphatic heterocycles. The Morgan fingerprint density at radius 3 is 2.57 bits per heavy atom. The van der Waals surface area contributed by atoms with Crippen molar-refractivity contribution >= 4 is 23.1 Å². The van der Waals surface area contributed by atoms with Crippen LogP contribution in [0, 0.1) is 0 Å². The fraction of sp³-hybridized carbons (Fsp3) is 0.0952. The van der Waals surface area contributed by atoms with Crippen LogP contribution in [0.2, 0.25) is 0 Å². The van der Waals surface area contributed by atoms with Gasteiger partial charge in [-0.2, -0.15) is 0 Å². The first-order valence-electron chi connectivity index (χ1n) is 8.78. The molecule has 0 saturated carbocycles. The minimum atomic E-state index is -0.582. The van der Waals surface area contributed by atoms with Crippen molar-refractivity contribution in [3.63, 3.8) is 0 Å². The van der Waals surface area contributed by atoms with Gasteiger partial charge >= 0.3 is 0 Å². The Balaban J connectivity index is 1.75. The predicted molar refractivity (Wildman–Crippen MR) is 107 cm³/mol. The van der Waals surface area contributed by atoms with Crippen LogP contribution in [0.4, 0.5) is 11.5 Å². The van der Waals surface area contributed by atoms with E-state index in [2.05, 4.69) is 15.4 Å². The number of benzene rings is 2. The monoisotopic (exact) mass is 373 g/mol. The molecule has 140 valence electrons. The van der Waals surface area contributed by atoms with E-state index in [0.717, 1.165) is 17.0 Å². The van der Waals surface area contributed by atoms with Crippen molar-refractivity contribution in [2.75, 3.05) is 12.4 Å². The molecule has 7 heteroatoms. The molecule has 0 spiro atoms. The molecule has 3 N–H and O–H groups in total. The molecule has 0 radical (unpaired) electrons. The number of anilines is 2. The van der Waals surface area contributed by atoms with Crippen molar-refractivity contribution in [1.82, 2.24) is 14.6 Å². The Morgan fingerprint density at radius 1 is 1.07 bits per heavy atom. The summed E-state index contributed by atoms with van der Waals surface area (Å²) in [5.74, 6) is 0.735. The number of carbonyl (C=O) groups excluding carboxylic acids is 1. The summed E-state index contributed by atoms with van der Waals surface area (Å²) in [4.78, 5) is 16.7. The Labute approximate surface area is 161 Å². The number of nitrogens with two attached hydrogens (primary N) is 1. The molecule has 0 bridgehead atoms. The second-order valence-corrected chi connectivity index (χ2v) is 6.24. The van der Waals surface area contributed by atoms with E-state index in [1.165, 1.54) is 4.52 Å². The zero-order valence-electron chi connectivity index (χ0n) is 15.3. The van der Waals surface area contributed by atoms with Crippen molar-refractivity contribution in [2.45, 2.75) is 6.42 Å². The number of ether oxygens (including phenoxy) is 1. The van der Waals surface area contributed by atoms with Crippen LogP contribution in [-0.4, -0.2) is 27.6 Å². The van der Waals surface area contributed by atoms with Crippen LogP contribution in [0.3, 0.4) is 0 Å². The molecule has 28 heavy (non-hydrogen) atoms. The molecule has 0 atom stereocenters. The maximum absolute atomic E-state index is 12.2. The summed E-state index contributed by atoms with van der Waals surface area (Å²) in [7, 11) is 1.61. The van der Waals surface area contributed by atoms with Gasteiger partial charge in [-0.05, 0) is 30.3 Å². The molecule has 2 heterocycles. The summed E-state index contributed by atoms with van der Waals surface area (Å²) in [5.41, 5.74) is 8.84. The van der Waals surface area contributed by atoms with Crippen molar-refractivity contribution < 1.29 is 9.53 Å². The van der Waals surface area contributed by atoms with E-state index >= 15 is 0 Å². The van der Waals surface area contributed by atoms with E-state index in [1.807, 2.05) is 60.7 Å². The highest BCUT2D eigenvalue weighted by Gasteiger charge is 2.20. The normalized spacial score (nSPS) is 10.8. The van der Waals surface area contributed by atoms with Gasteiger partial charge in [0, 0.05) is 17.7 Å². The van der Waals surface area contributed by atoms with E-state index in [9.17, 15) is 4.79 Å². The van der Waals surface area contributed by atoms with E-state index in [-0.39, 0.29) is 5.69 Å². The zero-order chi connectivity index (χ0) is 19.5. The van der Waals surface area contributed by atoms with Crippen LogP contribution in [0.1, 0.15) is 21.7 Å². The number of nitrogens with one attached hydrogen (secondary N) is 1. The smallest absolute Gasteiger partial charge is 0.269 e. The predicted octanol–water partition coefficient (Wildman–Crippen LogP) is 3.17. The quantitative estimate of drug-likeness (QED) is 0.541. The SMILES string of the molecule is COc1ccccc1Cc1nc2ccc(Nc3ccccc3)nn2c1C(N)=O. The van der Waals surface area contributed by atoms with Crippen molar-refractivity contribution in [2.24, 2.45) is 5.73 Å². The molecule has 0 saturated heterocycles. The maximum Gasteiger partial charge on any atom is 0.269 e. The molecule has 0 aliphatic rings. The lowest BCUT2D eigenvalue weighted by molar-refractivity contribution is 0.0993. The highest BCUT2D eigenvalue weighted by atomic mass is 16.5. The molecule has 4 aromatic rings. The second-order valence-electron chi connectivity index (χ2n) is 6.24. The van der Waals surface area contributed by atoms with Gasteiger partial charge in [0.25, 0.3) is 5.91 Å². The second kappa shape index (κ2) is 7.40. The third kappa shape index (κ3) is 3.37. The molecular weight excluding hydrogens is 354 g/mol. The number of hydrogen-bond donors (Lipinski definition) is 2. The number of carbonyl (C=O) groups is 1. The number of imidazole rings is 1. The average Bonchev–Trinajstić information content (AvgIpc) is 3.06. The molecule has 0 aliphatic carbocycles. The van der Waals surface area contributed by atoms with Gasteiger partial charge in [0.2, 0.25) is 0 Å². The lowest BCUT2D eigenvalue weighted by Gasteiger charge is -2.07. The van der Waals surface area contributed by atoms with Crippen LogP contribution >= 0.6 is 0 Å². The van der Waals surface area contributed by atoms with Crippen LogP contribution in [-0.2, 0) is 6.42 Å². The number of methoxy groups -OCH3 is 1. The Kier molecular flexibility index (Phi) is 4.63. The summed E-state index contributed by atoms with van der Waals surface area (Å²) in [6.07, 6.45) is 0.410. The number of rotatable bonds is 6. The summed E-state index contributed by atoms with van der Waals surface area (Å²) >= 11 is 0. The Bertz CT molecular complexity index is 1140. The van der Waals surface area contributed by atoms with E-state index in [1.54, 1.807) is 13.2 Å². The van der Waals surface area contributed by atoms with Gasteiger partial charge < -0.3 is 15.8 Å². The lowest BCUT2D eigenvalue weighted by atomic mass is 10.1. The third-order valence-corrected chi connectivity index (χ3v) is 4.38.